The Balaban J connectivity index is 1.83. The molecule has 96 valence electrons. The average Bonchev–Trinajstić information content (AvgIpc) is 2.82. The molecule has 0 saturated heterocycles. The van der Waals surface area contributed by atoms with Gasteiger partial charge in [0.2, 0.25) is 5.89 Å². The number of rotatable bonds is 3. The Bertz CT molecular complexity index is 724. The molecule has 3 aromatic rings. The van der Waals surface area contributed by atoms with E-state index in [4.69, 9.17) is 14.9 Å². The molecule has 0 bridgehead atoms. The van der Waals surface area contributed by atoms with Crippen LogP contribution in [0.5, 0.6) is 5.75 Å². The van der Waals surface area contributed by atoms with Crippen molar-refractivity contribution in [3.05, 3.63) is 51.9 Å². The highest BCUT2D eigenvalue weighted by molar-refractivity contribution is 14.1. The second-order valence-electron chi connectivity index (χ2n) is 4.02. The van der Waals surface area contributed by atoms with Gasteiger partial charge in [-0.2, -0.15) is 0 Å². The van der Waals surface area contributed by atoms with Crippen LogP contribution in [-0.4, -0.2) is 4.98 Å². The fraction of sp³-hybridized carbons (Fsp3) is 0.0714. The lowest BCUT2D eigenvalue weighted by molar-refractivity contribution is 0.265. The van der Waals surface area contributed by atoms with Gasteiger partial charge < -0.3 is 14.9 Å². The number of hydrogen-bond donors (Lipinski definition) is 1. The lowest BCUT2D eigenvalue weighted by Gasteiger charge is -2.04. The monoisotopic (exact) mass is 366 g/mol. The van der Waals surface area contributed by atoms with Gasteiger partial charge in [-0.15, -0.1) is 0 Å². The van der Waals surface area contributed by atoms with Crippen molar-refractivity contribution in [1.29, 1.82) is 0 Å². The summed E-state index contributed by atoms with van der Waals surface area (Å²) < 4.78 is 12.3. The van der Waals surface area contributed by atoms with Gasteiger partial charge in [-0.3, -0.25) is 0 Å². The van der Waals surface area contributed by atoms with Crippen LogP contribution in [0.15, 0.2) is 46.9 Å². The van der Waals surface area contributed by atoms with Crippen LogP contribution < -0.4 is 10.5 Å². The maximum absolute atomic E-state index is 5.84. The maximum atomic E-state index is 5.84. The van der Waals surface area contributed by atoms with Gasteiger partial charge in [-0.1, -0.05) is 18.2 Å². The first kappa shape index (κ1) is 12.3. The molecule has 0 amide bonds. The molecule has 0 unspecified atom stereocenters. The van der Waals surface area contributed by atoms with Crippen LogP contribution in [0.4, 0.5) is 5.69 Å². The summed E-state index contributed by atoms with van der Waals surface area (Å²) >= 11 is 2.23. The summed E-state index contributed by atoms with van der Waals surface area (Å²) in [5.41, 5.74) is 7.82. The molecule has 1 aromatic heterocycles. The third kappa shape index (κ3) is 2.51. The first-order valence-electron chi connectivity index (χ1n) is 5.75. The zero-order chi connectivity index (χ0) is 13.2. The largest absolute Gasteiger partial charge is 0.483 e. The standard InChI is InChI=1S/C14H11IN2O2/c15-9-4-1-2-6-11(9)18-8-13-17-14-10(16)5-3-7-12(14)19-13/h1-7H,8,16H2. The zero-order valence-corrected chi connectivity index (χ0v) is 12.1. The van der Waals surface area contributed by atoms with Crippen molar-refractivity contribution in [3.63, 3.8) is 0 Å². The van der Waals surface area contributed by atoms with Gasteiger partial charge in [-0.25, -0.2) is 4.98 Å². The summed E-state index contributed by atoms with van der Waals surface area (Å²) in [4.78, 5) is 4.34. The molecule has 0 aliphatic carbocycles. The quantitative estimate of drug-likeness (QED) is 0.569. The fourth-order valence-corrected chi connectivity index (χ4v) is 2.32. The van der Waals surface area contributed by atoms with Gasteiger partial charge in [0.25, 0.3) is 0 Å². The Hall–Kier alpha value is -1.76. The molecule has 1 heterocycles. The molecule has 0 saturated carbocycles. The first-order valence-corrected chi connectivity index (χ1v) is 6.83. The predicted molar refractivity (Wildman–Crippen MR) is 81.9 cm³/mol. The maximum Gasteiger partial charge on any atom is 0.233 e. The van der Waals surface area contributed by atoms with Crippen molar-refractivity contribution in [2.24, 2.45) is 0 Å². The number of fused-ring (bicyclic) bond motifs is 1. The van der Waals surface area contributed by atoms with Gasteiger partial charge in [0.15, 0.2) is 12.2 Å². The number of anilines is 1. The highest BCUT2D eigenvalue weighted by Crippen LogP contribution is 2.24. The molecule has 0 aliphatic rings. The highest BCUT2D eigenvalue weighted by atomic mass is 127. The van der Waals surface area contributed by atoms with Gasteiger partial charge in [0.05, 0.1) is 9.26 Å². The second-order valence-corrected chi connectivity index (χ2v) is 5.18. The number of aromatic nitrogens is 1. The number of hydrogen-bond acceptors (Lipinski definition) is 4. The minimum absolute atomic E-state index is 0.286. The lowest BCUT2D eigenvalue weighted by atomic mass is 10.3. The summed E-state index contributed by atoms with van der Waals surface area (Å²) in [7, 11) is 0. The Morgan fingerprint density at radius 2 is 2.00 bits per heavy atom. The second kappa shape index (κ2) is 5.08. The van der Waals surface area contributed by atoms with E-state index in [9.17, 15) is 0 Å². The van der Waals surface area contributed by atoms with Crippen molar-refractivity contribution < 1.29 is 9.15 Å². The summed E-state index contributed by atoms with van der Waals surface area (Å²) in [5.74, 6) is 1.34. The van der Waals surface area contributed by atoms with E-state index >= 15 is 0 Å². The third-order valence-electron chi connectivity index (χ3n) is 2.68. The number of nitrogens with zero attached hydrogens (tertiary/aromatic N) is 1. The number of halogens is 1. The van der Waals surface area contributed by atoms with Gasteiger partial charge in [0, 0.05) is 0 Å². The Morgan fingerprint density at radius 3 is 2.79 bits per heavy atom. The molecule has 0 atom stereocenters. The molecule has 5 heteroatoms. The highest BCUT2D eigenvalue weighted by Gasteiger charge is 2.09. The molecule has 2 aromatic carbocycles. The van der Waals surface area contributed by atoms with Crippen LogP contribution in [0.25, 0.3) is 11.1 Å². The smallest absolute Gasteiger partial charge is 0.233 e. The van der Waals surface area contributed by atoms with E-state index in [1.807, 2.05) is 36.4 Å². The van der Waals surface area contributed by atoms with Crippen LogP contribution in [0.3, 0.4) is 0 Å². The van der Waals surface area contributed by atoms with Crippen molar-refractivity contribution in [1.82, 2.24) is 4.98 Å². The van der Waals surface area contributed by atoms with Crippen molar-refractivity contribution in [2.45, 2.75) is 6.61 Å². The first-order chi connectivity index (χ1) is 9.24. The summed E-state index contributed by atoms with van der Waals surface area (Å²) in [6, 6.07) is 13.3. The lowest BCUT2D eigenvalue weighted by Crippen LogP contribution is -1.97. The topological polar surface area (TPSA) is 61.3 Å². The van der Waals surface area contributed by atoms with E-state index in [0.717, 1.165) is 9.32 Å². The van der Waals surface area contributed by atoms with Crippen LogP contribution >= 0.6 is 22.6 Å². The molecule has 3 rings (SSSR count). The van der Waals surface area contributed by atoms with E-state index < -0.39 is 0 Å². The third-order valence-corrected chi connectivity index (χ3v) is 3.57. The molecule has 0 radical (unpaired) electrons. The molecular weight excluding hydrogens is 355 g/mol. The molecule has 0 aliphatic heterocycles. The Morgan fingerprint density at radius 1 is 1.16 bits per heavy atom. The summed E-state index contributed by atoms with van der Waals surface area (Å²) in [6.45, 7) is 0.286. The van der Waals surface area contributed by atoms with Crippen LogP contribution in [0.2, 0.25) is 0 Å². The molecule has 4 nitrogen and oxygen atoms in total. The number of oxazole rings is 1. The zero-order valence-electron chi connectivity index (χ0n) is 9.97. The van der Waals surface area contributed by atoms with Crippen LogP contribution in [-0.2, 0) is 6.61 Å². The van der Waals surface area contributed by atoms with Crippen LogP contribution in [0, 0.1) is 3.57 Å². The molecule has 19 heavy (non-hydrogen) atoms. The average molecular weight is 366 g/mol. The normalized spacial score (nSPS) is 10.8. The van der Waals surface area contributed by atoms with Crippen molar-refractivity contribution in [2.75, 3.05) is 5.73 Å². The fourth-order valence-electron chi connectivity index (χ4n) is 1.78. The predicted octanol–water partition coefficient (Wildman–Crippen LogP) is 3.59. The van der Waals surface area contributed by atoms with Gasteiger partial charge in [0.1, 0.15) is 11.3 Å². The minimum atomic E-state index is 0.286. The van der Waals surface area contributed by atoms with E-state index in [2.05, 4.69) is 27.6 Å². The number of nitrogens with two attached hydrogens (primary N) is 1. The number of para-hydroxylation sites is 2. The van der Waals surface area contributed by atoms with E-state index in [1.165, 1.54) is 0 Å². The summed E-state index contributed by atoms with van der Waals surface area (Å²) in [5, 5.41) is 0. The number of benzene rings is 2. The van der Waals surface area contributed by atoms with E-state index in [-0.39, 0.29) is 6.61 Å². The Kier molecular flexibility index (Phi) is 3.29. The van der Waals surface area contributed by atoms with Crippen LogP contribution in [0.1, 0.15) is 5.89 Å². The number of nitrogen functional groups attached to an aromatic ring is 1. The molecule has 0 fully saturated rings. The molecule has 0 spiro atoms. The Labute approximate surface area is 123 Å². The van der Waals surface area contributed by atoms with Gasteiger partial charge in [-0.05, 0) is 46.9 Å². The molecular formula is C14H11IN2O2. The number of ether oxygens (including phenoxy) is 1. The van der Waals surface area contributed by atoms with Crippen molar-refractivity contribution in [3.8, 4) is 5.75 Å². The molecule has 2 N–H and O–H groups in total. The van der Waals surface area contributed by atoms with Gasteiger partial charge >= 0.3 is 0 Å². The SMILES string of the molecule is Nc1cccc2oc(COc3ccccc3I)nc12. The summed E-state index contributed by atoms with van der Waals surface area (Å²) in [6.07, 6.45) is 0. The van der Waals surface area contributed by atoms with E-state index in [1.54, 1.807) is 6.07 Å². The minimum Gasteiger partial charge on any atom is -0.483 e. The van der Waals surface area contributed by atoms with Crippen molar-refractivity contribution >= 4 is 39.4 Å². The van der Waals surface area contributed by atoms with E-state index in [0.29, 0.717) is 22.7 Å².